The summed E-state index contributed by atoms with van der Waals surface area (Å²) in [6.45, 7) is 1.31. The molecule has 1 N–H and O–H groups in total. The number of carbonyl (C=O) groups is 1. The molecule has 1 amide bonds. The maximum atomic E-state index is 11.5. The van der Waals surface area contributed by atoms with Crippen LogP contribution in [0.3, 0.4) is 0 Å². The van der Waals surface area contributed by atoms with Gasteiger partial charge in [0.25, 0.3) is 0 Å². The highest BCUT2D eigenvalue weighted by atomic mass is 16.3. The largest absolute Gasteiger partial charge is 0.395 e. The molecule has 0 saturated carbocycles. The van der Waals surface area contributed by atoms with Crippen LogP contribution in [0.2, 0.25) is 0 Å². The van der Waals surface area contributed by atoms with Crippen LogP contribution in [0, 0.1) is 0 Å². The Hall–Kier alpha value is -1.29. The van der Waals surface area contributed by atoms with E-state index < -0.39 is 0 Å². The Morgan fingerprint density at radius 1 is 1.40 bits per heavy atom. The van der Waals surface area contributed by atoms with Gasteiger partial charge in [0.1, 0.15) is 0 Å². The minimum Gasteiger partial charge on any atom is -0.395 e. The molecule has 0 bridgehead atoms. The highest BCUT2D eigenvalue weighted by Gasteiger charge is 2.06. The molecule has 1 aromatic rings. The molecular weight excluding hydrogens is 192 g/mol. The summed E-state index contributed by atoms with van der Waals surface area (Å²) in [6, 6.07) is 3.94. The van der Waals surface area contributed by atoms with Gasteiger partial charge in [-0.15, -0.1) is 0 Å². The minimum atomic E-state index is 0.0276. The monoisotopic (exact) mass is 210 g/mol. The number of hydrogen-bond donors (Lipinski definition) is 1. The molecule has 0 aliphatic carbocycles. The molecule has 84 valence electrons. The van der Waals surface area contributed by atoms with Gasteiger partial charge in [0.15, 0.2) is 0 Å². The Morgan fingerprint density at radius 3 is 2.67 bits per heavy atom. The molecule has 0 unspecified atom stereocenters. The minimum absolute atomic E-state index is 0.0276. The third-order valence-electron chi connectivity index (χ3n) is 2.33. The summed E-state index contributed by atoms with van der Waals surface area (Å²) < 4.78 is 2.05. The third-order valence-corrected chi connectivity index (χ3v) is 2.33. The highest BCUT2D eigenvalue weighted by Crippen LogP contribution is 1.99. The van der Waals surface area contributed by atoms with E-state index in [1.807, 2.05) is 24.5 Å². The predicted octanol–water partition coefficient (Wildman–Crippen LogP) is 0.719. The van der Waals surface area contributed by atoms with E-state index in [0.717, 1.165) is 13.0 Å². The molecule has 0 aromatic carbocycles. The zero-order valence-electron chi connectivity index (χ0n) is 9.09. The van der Waals surface area contributed by atoms with E-state index in [-0.39, 0.29) is 12.5 Å². The molecular formula is C11H18N2O2. The molecule has 1 aromatic heterocycles. The summed E-state index contributed by atoms with van der Waals surface area (Å²) in [5, 5.41) is 8.66. The summed E-state index contributed by atoms with van der Waals surface area (Å²) in [7, 11) is 1.72. The molecule has 0 radical (unpaired) electrons. The number of rotatable bonds is 6. The Bertz CT molecular complexity index is 283. The highest BCUT2D eigenvalue weighted by molar-refractivity contribution is 5.75. The number of aliphatic hydroxyl groups excluding tert-OH is 1. The molecule has 0 fully saturated rings. The molecule has 1 heterocycles. The lowest BCUT2D eigenvalue weighted by atomic mass is 10.3. The quantitative estimate of drug-likeness (QED) is 0.752. The van der Waals surface area contributed by atoms with Crippen molar-refractivity contribution < 1.29 is 9.90 Å². The molecule has 0 spiro atoms. The van der Waals surface area contributed by atoms with Gasteiger partial charge >= 0.3 is 0 Å². The average Bonchev–Trinajstić information content (AvgIpc) is 2.71. The zero-order chi connectivity index (χ0) is 11.1. The van der Waals surface area contributed by atoms with Crippen molar-refractivity contribution in [3.05, 3.63) is 24.5 Å². The number of amides is 1. The van der Waals surface area contributed by atoms with Crippen LogP contribution in [0.5, 0.6) is 0 Å². The lowest BCUT2D eigenvalue weighted by Gasteiger charge is -2.15. The van der Waals surface area contributed by atoms with Gasteiger partial charge in [-0.3, -0.25) is 4.79 Å². The summed E-state index contributed by atoms with van der Waals surface area (Å²) in [5.74, 6) is 0.0937. The van der Waals surface area contributed by atoms with Crippen molar-refractivity contribution in [3.8, 4) is 0 Å². The molecule has 0 atom stereocenters. The van der Waals surface area contributed by atoms with Gasteiger partial charge in [-0.25, -0.2) is 0 Å². The molecule has 1 rings (SSSR count). The summed E-state index contributed by atoms with van der Waals surface area (Å²) >= 11 is 0. The van der Waals surface area contributed by atoms with E-state index in [9.17, 15) is 4.79 Å². The van der Waals surface area contributed by atoms with E-state index in [2.05, 4.69) is 4.57 Å². The lowest BCUT2D eigenvalue weighted by molar-refractivity contribution is -0.130. The van der Waals surface area contributed by atoms with E-state index in [1.165, 1.54) is 0 Å². The Kier molecular flexibility index (Phi) is 4.90. The Labute approximate surface area is 90.1 Å². The maximum Gasteiger partial charge on any atom is 0.222 e. The van der Waals surface area contributed by atoms with Crippen LogP contribution in [0.1, 0.15) is 12.8 Å². The summed E-state index contributed by atoms with van der Waals surface area (Å²) in [6.07, 6.45) is 5.35. The predicted molar refractivity (Wildman–Crippen MR) is 58.4 cm³/mol. The first kappa shape index (κ1) is 11.8. The maximum absolute atomic E-state index is 11.5. The van der Waals surface area contributed by atoms with Crippen LogP contribution >= 0.6 is 0 Å². The SMILES string of the molecule is CN(CCO)C(=O)CCCn1cccc1. The van der Waals surface area contributed by atoms with E-state index in [4.69, 9.17) is 5.11 Å². The number of carbonyl (C=O) groups excluding carboxylic acids is 1. The second kappa shape index (κ2) is 6.24. The van der Waals surface area contributed by atoms with Crippen molar-refractivity contribution in [3.63, 3.8) is 0 Å². The average molecular weight is 210 g/mol. The number of nitrogens with zero attached hydrogens (tertiary/aromatic N) is 2. The lowest BCUT2D eigenvalue weighted by Crippen LogP contribution is -2.29. The van der Waals surface area contributed by atoms with Crippen molar-refractivity contribution in [2.45, 2.75) is 19.4 Å². The normalized spacial score (nSPS) is 10.3. The van der Waals surface area contributed by atoms with Gasteiger partial charge in [0.2, 0.25) is 5.91 Å². The van der Waals surface area contributed by atoms with Crippen LogP contribution in [0.25, 0.3) is 0 Å². The Balaban J connectivity index is 2.17. The molecule has 4 heteroatoms. The molecule has 0 aliphatic rings. The third kappa shape index (κ3) is 4.16. The molecule has 0 saturated heterocycles. The first-order valence-electron chi connectivity index (χ1n) is 5.19. The van der Waals surface area contributed by atoms with E-state index >= 15 is 0 Å². The fourth-order valence-corrected chi connectivity index (χ4v) is 1.40. The first-order chi connectivity index (χ1) is 7.24. The number of aryl methyl sites for hydroxylation is 1. The van der Waals surface area contributed by atoms with Gasteiger partial charge < -0.3 is 14.6 Å². The molecule has 0 aliphatic heterocycles. The van der Waals surface area contributed by atoms with Crippen LogP contribution in [0.4, 0.5) is 0 Å². The van der Waals surface area contributed by atoms with Crippen LogP contribution < -0.4 is 0 Å². The van der Waals surface area contributed by atoms with Gasteiger partial charge in [0, 0.05) is 39.0 Å². The fourth-order valence-electron chi connectivity index (χ4n) is 1.40. The standard InChI is InChI=1S/C11H18N2O2/c1-12(9-10-14)11(15)5-4-8-13-6-2-3-7-13/h2-3,6-7,14H,4-5,8-10H2,1H3. The van der Waals surface area contributed by atoms with Gasteiger partial charge in [-0.2, -0.15) is 0 Å². The number of aliphatic hydroxyl groups is 1. The fraction of sp³-hybridized carbons (Fsp3) is 0.545. The van der Waals surface area contributed by atoms with Crippen molar-refractivity contribution in [1.29, 1.82) is 0 Å². The number of aromatic nitrogens is 1. The van der Waals surface area contributed by atoms with Crippen LogP contribution in [0.15, 0.2) is 24.5 Å². The summed E-state index contributed by atoms with van der Waals surface area (Å²) in [5.41, 5.74) is 0. The molecule has 15 heavy (non-hydrogen) atoms. The van der Waals surface area contributed by atoms with Crippen molar-refractivity contribution in [2.75, 3.05) is 20.2 Å². The second-order valence-corrected chi connectivity index (χ2v) is 3.56. The second-order valence-electron chi connectivity index (χ2n) is 3.56. The van der Waals surface area contributed by atoms with Gasteiger partial charge in [-0.05, 0) is 18.6 Å². The van der Waals surface area contributed by atoms with Crippen molar-refractivity contribution >= 4 is 5.91 Å². The van der Waals surface area contributed by atoms with Crippen molar-refractivity contribution in [1.82, 2.24) is 9.47 Å². The molecule has 4 nitrogen and oxygen atoms in total. The van der Waals surface area contributed by atoms with Crippen LogP contribution in [-0.4, -0.2) is 40.7 Å². The van der Waals surface area contributed by atoms with E-state index in [0.29, 0.717) is 13.0 Å². The number of likely N-dealkylation sites (N-methyl/N-ethyl adjacent to an activating group) is 1. The van der Waals surface area contributed by atoms with E-state index in [1.54, 1.807) is 11.9 Å². The van der Waals surface area contributed by atoms with Crippen LogP contribution in [-0.2, 0) is 11.3 Å². The van der Waals surface area contributed by atoms with Gasteiger partial charge in [-0.1, -0.05) is 0 Å². The first-order valence-corrected chi connectivity index (χ1v) is 5.19. The smallest absolute Gasteiger partial charge is 0.222 e. The zero-order valence-corrected chi connectivity index (χ0v) is 9.09. The Morgan fingerprint density at radius 2 is 2.07 bits per heavy atom. The van der Waals surface area contributed by atoms with Gasteiger partial charge in [0.05, 0.1) is 6.61 Å². The van der Waals surface area contributed by atoms with Crippen molar-refractivity contribution in [2.24, 2.45) is 0 Å². The number of hydrogen-bond acceptors (Lipinski definition) is 2. The topological polar surface area (TPSA) is 45.5 Å². The summed E-state index contributed by atoms with van der Waals surface area (Å²) in [4.78, 5) is 13.0.